The molecule has 4 bridgehead atoms. The number of Topliss-reactive ketones (excluding diaryl/α,β-unsaturated/α-hetero) is 2. The number of carboxylic acids is 2. The number of ether oxygens (including phenoxy) is 4. The highest BCUT2D eigenvalue weighted by atomic mass is 32.2. The van der Waals surface area contributed by atoms with Crippen LogP contribution in [0.4, 0.5) is 5.69 Å². The second-order valence-corrected chi connectivity index (χ2v) is 42.2. The predicted octanol–water partition coefficient (Wildman–Crippen LogP) is 2.80. The zero-order valence-electron chi connectivity index (χ0n) is 86.9. The summed E-state index contributed by atoms with van der Waals surface area (Å²) in [4.78, 5) is 328. The van der Waals surface area contributed by atoms with Gasteiger partial charge in [0.25, 0.3) is 5.91 Å². The molecule has 1 aromatic heterocycles. The van der Waals surface area contributed by atoms with Crippen molar-refractivity contribution in [1.29, 1.82) is 0 Å². The molecule has 15 atom stereocenters. The van der Waals surface area contributed by atoms with Gasteiger partial charge in [0.05, 0.1) is 42.1 Å². The Bertz CT molecular complexity index is 5020. The molecular weight excluding hydrogens is 2000 g/mol. The summed E-state index contributed by atoms with van der Waals surface area (Å²) in [6, 6.07) is -9.37. The minimum Gasteiger partial charge on any atom is -0.481 e. The number of ketones is 2. The summed E-state index contributed by atoms with van der Waals surface area (Å²) in [5, 5.41) is 50.8. The highest BCUT2D eigenvalue weighted by Gasteiger charge is 2.46. The fourth-order valence-corrected chi connectivity index (χ4v) is 20.8. The highest BCUT2D eigenvalue weighted by Crippen LogP contribution is 2.36. The van der Waals surface area contributed by atoms with Gasteiger partial charge in [0.1, 0.15) is 71.2 Å². The number of thiazole rings is 1. The van der Waals surface area contributed by atoms with Gasteiger partial charge in [-0.15, -0.1) is 34.9 Å². The van der Waals surface area contributed by atoms with Gasteiger partial charge in [-0.05, 0) is 146 Å². The van der Waals surface area contributed by atoms with Crippen LogP contribution in [-0.2, 0) is 137 Å². The molecule has 4 saturated heterocycles. The lowest BCUT2D eigenvalue weighted by atomic mass is 9.92. The van der Waals surface area contributed by atoms with Crippen molar-refractivity contribution in [1.82, 2.24) is 83.1 Å². The van der Waals surface area contributed by atoms with Crippen molar-refractivity contribution in [3.05, 3.63) is 45.4 Å². The molecule has 49 heteroatoms. The Morgan fingerprint density at radius 1 is 0.631 bits per heavy atom. The number of aliphatic carboxylic acids is 2. The van der Waals surface area contributed by atoms with Crippen molar-refractivity contribution in [3.8, 4) is 0 Å². The van der Waals surface area contributed by atoms with Crippen LogP contribution in [0.25, 0.3) is 0 Å². The molecule has 14 N–H and O–H groups in total. The van der Waals surface area contributed by atoms with Crippen molar-refractivity contribution in [2.75, 3.05) is 96.8 Å². The Morgan fingerprint density at radius 2 is 1.24 bits per heavy atom. The Kier molecular flexibility index (Phi) is 53.2. The Balaban J connectivity index is 1.20. The van der Waals surface area contributed by atoms with E-state index in [4.69, 9.17) is 24.1 Å². The number of benzene rings is 1. The van der Waals surface area contributed by atoms with Crippen LogP contribution in [0.5, 0.6) is 0 Å². The van der Waals surface area contributed by atoms with Gasteiger partial charge in [0.15, 0.2) is 6.10 Å². The predicted molar refractivity (Wildman–Crippen MR) is 545 cm³/mol. The summed E-state index contributed by atoms with van der Waals surface area (Å²) < 4.78 is 22.6. The number of thioether (sulfide) groups is 2. The van der Waals surface area contributed by atoms with E-state index in [1.54, 1.807) is 24.1 Å². The average molecular weight is 2150 g/mol. The molecule has 0 spiro atoms. The van der Waals surface area contributed by atoms with E-state index in [0.29, 0.717) is 25.0 Å². The number of esters is 2. The number of hydrogen-bond acceptors (Lipinski definition) is 32. The Hall–Kier alpha value is -12.0. The van der Waals surface area contributed by atoms with E-state index in [2.05, 4.69) is 68.8 Å². The number of anilines is 1. The standard InChI is InChI=1S/C100H149N17O29S3/c1-12-14-43-143-46-36-77(121)101-37-18-15-26-68-90(132)103-39-21-24-67(120)50-64-31-30-63(48-65(47-59(6)99(140)141)106-91(133)71-55-147-95(110-71)74(146-62(9)118)51-73(57(3)4)115(11)98(139)85(58(5)13-2)113-92(134)72-28-17-20-40-114(72)10)49-70(64)107-78(122)29-23-45-145-100(142)69(27-16-19-38-102-81(125)54-144-44-22-25-66(119)32-33-84(128)129)109-89(131)61(8)105-94(136)87-86(93(135)104-60(7)88(130)108-68)111-79(123)34-41-116-82(126)52-75(96(116)137)148-56-149-76-53-83(127)117(97(76)138)42-35-80(124)112-87/h30-31,49,55,57-61,65,68-69,72-76,85-87H,12-29,32-48,50-54,56H2,1-11H3,(H,101,121)(H,102,125)(H,103,132)(H,104,135)(H,105,136)(H,106,133)(H,107,122)(H,108,130)(H,109,131)(H,111,123)(H,112,124)(H,113,134)(H,128,129)(H,140,141)/t58-,59-,60?,61?,65?,68-,69-,72+,73+,74+,75?,76?,85-,86?,87?/m0/s1. The van der Waals surface area contributed by atoms with Gasteiger partial charge in [-0.1, -0.05) is 72.9 Å². The quantitative estimate of drug-likeness (QED) is 0.0258. The molecule has 149 heavy (non-hydrogen) atoms. The number of rotatable bonds is 43. The van der Waals surface area contributed by atoms with Crippen LogP contribution in [-0.4, -0.2) is 333 Å². The topological polar surface area (TPSA) is 640 Å². The second kappa shape index (κ2) is 63.9. The average Bonchev–Trinajstić information content (AvgIpc) is 1.79. The van der Waals surface area contributed by atoms with Gasteiger partial charge in [0.2, 0.25) is 94.5 Å². The lowest BCUT2D eigenvalue weighted by molar-refractivity contribution is -0.150. The number of carbonyl (C=O) groups is 23. The number of likely N-dealkylation sites (N-methyl/N-ethyl adjacent to an activating group) is 2. The molecule has 6 heterocycles. The van der Waals surface area contributed by atoms with Crippen LogP contribution in [0.3, 0.4) is 0 Å². The third-order valence-corrected chi connectivity index (χ3v) is 29.8. The maximum Gasteiger partial charge on any atom is 0.328 e. The number of nitrogens with one attached hydrogen (secondary N) is 12. The van der Waals surface area contributed by atoms with E-state index in [1.807, 2.05) is 46.6 Å². The molecule has 7 rings (SSSR count). The molecule has 7 unspecified atom stereocenters. The van der Waals surface area contributed by atoms with E-state index in [9.17, 15) is 106 Å². The summed E-state index contributed by atoms with van der Waals surface area (Å²) in [5.74, 6) is -20.1. The number of imide groups is 2. The molecule has 5 aliphatic heterocycles. The number of piperidine rings is 1. The number of cyclic esters (lactones) is 1. The van der Waals surface area contributed by atoms with E-state index in [0.717, 1.165) is 90.7 Å². The number of carbonyl (C=O) groups excluding carboxylic acids is 21. The van der Waals surface area contributed by atoms with Crippen LogP contribution in [0.1, 0.15) is 268 Å². The van der Waals surface area contributed by atoms with Gasteiger partial charge in [-0.3, -0.25) is 120 Å². The fraction of sp³-hybridized carbons (Fsp3) is 0.680. The van der Waals surface area contributed by atoms with E-state index in [-0.39, 0.29) is 230 Å². The van der Waals surface area contributed by atoms with Crippen LogP contribution < -0.4 is 63.8 Å². The smallest absolute Gasteiger partial charge is 0.328 e. The maximum atomic E-state index is 15.2. The second-order valence-electron chi connectivity index (χ2n) is 38.6. The first-order chi connectivity index (χ1) is 70.9. The molecule has 17 amide bonds. The zero-order chi connectivity index (χ0) is 110. The summed E-state index contributed by atoms with van der Waals surface area (Å²) in [7, 11) is 3.51. The monoisotopic (exact) mass is 2150 g/mol. The van der Waals surface area contributed by atoms with Crippen molar-refractivity contribution < 1.29 is 139 Å². The lowest BCUT2D eigenvalue weighted by Crippen LogP contribution is -2.66. The van der Waals surface area contributed by atoms with Crippen LogP contribution in [0, 0.1) is 17.8 Å². The van der Waals surface area contributed by atoms with Gasteiger partial charge in [0, 0.05) is 159 Å². The summed E-state index contributed by atoms with van der Waals surface area (Å²) >= 11 is 3.07. The summed E-state index contributed by atoms with van der Waals surface area (Å²) in [6.07, 6.45) is 0.224. The van der Waals surface area contributed by atoms with E-state index >= 15 is 9.59 Å². The number of nitrogens with zero attached hydrogens (tertiary/aromatic N) is 5. The third kappa shape index (κ3) is 42.1. The maximum absolute atomic E-state index is 15.2. The molecule has 2 aromatic rings. The molecule has 826 valence electrons. The minimum absolute atomic E-state index is 0.00757. The number of aromatic nitrogens is 1. The van der Waals surface area contributed by atoms with Crippen molar-refractivity contribution in [2.24, 2.45) is 17.8 Å². The molecule has 4 fully saturated rings. The molecule has 0 radical (unpaired) electrons. The Labute approximate surface area is 879 Å². The first-order valence-corrected chi connectivity index (χ1v) is 54.3. The molecular formula is C100H149N17O29S3. The number of fused-ring (bicyclic) bond motifs is 6. The molecule has 5 aliphatic rings. The zero-order valence-corrected chi connectivity index (χ0v) is 89.4. The molecule has 0 aliphatic carbocycles. The number of amides is 17. The SMILES string of the molecule is CCCCOCCC(=O)NCCCC[C@@H]1NC(=O)C(C)NC(=O)C2NC(=O)CCN3C(=O)CC(SCSC4CC(=O)N(CCC(=O)NC2C(=O)NC(C)C(=O)N[C@@H](CCCCNC(=O)COCCCC(=O)CCC(=O)O)C(=O)OCCCC(=O)Nc2cc(CC(C[C@H](C)C(=O)O)NC(=O)c5csc([C@@H](C[C@H](C(C)C)N(C)C(=O)[C@@H](NC(=O)[C@H]6CCCCN6C)[C@@H](C)CC)OC(C)=O)n5)ccc2CC(=O)CCCNC1=O)C4=O)C3=O. The van der Waals surface area contributed by atoms with Crippen molar-refractivity contribution in [3.63, 3.8) is 0 Å². The summed E-state index contributed by atoms with van der Waals surface area (Å²) in [6.45, 7) is 13.7. The van der Waals surface area contributed by atoms with Crippen LogP contribution >= 0.6 is 34.9 Å². The molecule has 1 aromatic carbocycles. The molecule has 46 nitrogen and oxygen atoms in total. The van der Waals surface area contributed by atoms with Crippen LogP contribution in [0.15, 0.2) is 23.6 Å². The number of carboxylic acid groups (broad SMARTS) is 2. The van der Waals surface area contributed by atoms with Gasteiger partial charge < -0.3 is 97.9 Å². The normalized spacial score (nSPS) is 22.3. The third-order valence-electron chi connectivity index (χ3n) is 26.2. The fourth-order valence-electron chi connectivity index (χ4n) is 17.3. The first-order valence-electron chi connectivity index (χ1n) is 51.3. The van der Waals surface area contributed by atoms with Gasteiger partial charge >= 0.3 is 23.9 Å². The molecule has 0 saturated carbocycles. The minimum atomic E-state index is -2.33. The Morgan fingerprint density at radius 3 is 1.83 bits per heavy atom. The van der Waals surface area contributed by atoms with Crippen LogP contribution in [0.2, 0.25) is 0 Å². The van der Waals surface area contributed by atoms with E-state index in [1.165, 1.54) is 25.3 Å². The van der Waals surface area contributed by atoms with Gasteiger partial charge in [-0.25, -0.2) is 9.78 Å². The lowest BCUT2D eigenvalue weighted by Gasteiger charge is -2.38. The summed E-state index contributed by atoms with van der Waals surface area (Å²) in [5.41, 5.74) is 0.624. The number of likely N-dealkylation sites (tertiary alicyclic amines) is 1. The first kappa shape index (κ1) is 124. The number of unbranched alkanes of at least 4 members (excludes halogenated alkanes) is 3. The van der Waals surface area contributed by atoms with E-state index < -0.39 is 234 Å². The van der Waals surface area contributed by atoms with Crippen molar-refractivity contribution >= 4 is 176 Å². The van der Waals surface area contributed by atoms with Crippen molar-refractivity contribution in [2.45, 2.75) is 326 Å². The number of hydrogen-bond donors (Lipinski definition) is 14. The van der Waals surface area contributed by atoms with Gasteiger partial charge in [-0.2, -0.15) is 0 Å². The highest BCUT2D eigenvalue weighted by molar-refractivity contribution is 8.17. The largest absolute Gasteiger partial charge is 0.481 e.